The average molecular weight is 710 g/mol. The van der Waals surface area contributed by atoms with Gasteiger partial charge < -0.3 is 37.9 Å². The van der Waals surface area contributed by atoms with E-state index in [1.165, 1.54) is 85.0 Å². The average Bonchev–Trinajstić information content (AvgIpc) is 3.20. The Morgan fingerprint density at radius 2 is 0.712 bits per heavy atom. The number of anilines is 4. The maximum atomic E-state index is 14.6. The molecular formula is C39H39N3O10. The quantitative estimate of drug-likeness (QED) is 0.117. The molecule has 0 unspecified atom stereocenters. The van der Waals surface area contributed by atoms with Gasteiger partial charge in [0, 0.05) is 36.0 Å². The number of carbonyl (C=O) groups excluding carboxylic acids is 2. The molecule has 5 aromatic rings. The van der Waals surface area contributed by atoms with Gasteiger partial charge in [0.25, 0.3) is 11.8 Å². The van der Waals surface area contributed by atoms with Gasteiger partial charge in [0.05, 0.1) is 79.6 Å². The number of hydrogen-bond acceptors (Lipinski definition) is 11. The standard InChI is InChI=1S/C39H39N3O10/c1-45-30-13-9-25(20-34(30)49-5)41(26-10-14-31(46-2)35(21-26)50-6)38(43)24-17-18-40-29(19-24)39(44)42(27-11-15-32(47-3)36(22-27)51-7)28-12-16-33(48-4)37(23-28)52-8/h9-23H,1-8H3. The first-order valence-electron chi connectivity index (χ1n) is 15.8. The molecule has 13 heteroatoms. The zero-order chi connectivity index (χ0) is 37.4. The monoisotopic (exact) mass is 709 g/mol. The predicted octanol–water partition coefficient (Wildman–Crippen LogP) is 7.11. The molecule has 1 aromatic heterocycles. The molecule has 0 spiro atoms. The lowest BCUT2D eigenvalue weighted by Gasteiger charge is -2.26. The maximum absolute atomic E-state index is 14.6. The van der Waals surface area contributed by atoms with Gasteiger partial charge in [0.2, 0.25) is 0 Å². The molecule has 52 heavy (non-hydrogen) atoms. The summed E-state index contributed by atoms with van der Waals surface area (Å²) >= 11 is 0. The van der Waals surface area contributed by atoms with Crippen molar-refractivity contribution in [1.82, 2.24) is 4.98 Å². The number of ether oxygens (including phenoxy) is 8. The number of aromatic nitrogens is 1. The Morgan fingerprint density at radius 3 is 1.02 bits per heavy atom. The van der Waals surface area contributed by atoms with E-state index in [0.29, 0.717) is 68.7 Å². The molecule has 4 aromatic carbocycles. The van der Waals surface area contributed by atoms with Gasteiger partial charge in [0.1, 0.15) is 5.69 Å². The molecule has 0 atom stereocenters. The molecule has 0 saturated heterocycles. The van der Waals surface area contributed by atoms with E-state index >= 15 is 0 Å². The van der Waals surface area contributed by atoms with Gasteiger partial charge in [-0.15, -0.1) is 0 Å². The molecule has 0 N–H and O–H groups in total. The van der Waals surface area contributed by atoms with E-state index in [4.69, 9.17) is 37.9 Å². The minimum absolute atomic E-state index is 0.0185. The molecule has 0 aliphatic carbocycles. The first kappa shape index (κ1) is 36.6. The molecule has 0 aliphatic heterocycles. The lowest BCUT2D eigenvalue weighted by molar-refractivity contribution is 0.0994. The van der Waals surface area contributed by atoms with Crippen molar-refractivity contribution in [3.05, 3.63) is 102 Å². The molecule has 13 nitrogen and oxygen atoms in total. The Balaban J connectivity index is 1.64. The number of carbonyl (C=O) groups is 2. The van der Waals surface area contributed by atoms with Gasteiger partial charge in [0.15, 0.2) is 46.0 Å². The maximum Gasteiger partial charge on any atom is 0.281 e. The van der Waals surface area contributed by atoms with Crippen LogP contribution in [0.2, 0.25) is 0 Å². The van der Waals surface area contributed by atoms with E-state index in [1.807, 2.05) is 0 Å². The van der Waals surface area contributed by atoms with Crippen molar-refractivity contribution < 1.29 is 47.5 Å². The second-order valence-electron chi connectivity index (χ2n) is 10.9. The minimum Gasteiger partial charge on any atom is -0.493 e. The van der Waals surface area contributed by atoms with Crippen molar-refractivity contribution in [3.63, 3.8) is 0 Å². The van der Waals surface area contributed by atoms with Crippen LogP contribution in [0, 0.1) is 0 Å². The van der Waals surface area contributed by atoms with Gasteiger partial charge in [-0.2, -0.15) is 0 Å². The molecular weight excluding hydrogens is 670 g/mol. The second kappa shape index (κ2) is 16.4. The minimum atomic E-state index is -0.544. The van der Waals surface area contributed by atoms with Crippen molar-refractivity contribution in [1.29, 1.82) is 0 Å². The summed E-state index contributed by atoms with van der Waals surface area (Å²) in [6, 6.07) is 23.3. The summed E-state index contributed by atoms with van der Waals surface area (Å²) < 4.78 is 43.9. The Labute approximate surface area is 301 Å². The van der Waals surface area contributed by atoms with Crippen LogP contribution in [0.3, 0.4) is 0 Å². The summed E-state index contributed by atoms with van der Waals surface area (Å²) in [4.78, 5) is 36.5. The van der Waals surface area contributed by atoms with Crippen molar-refractivity contribution in [3.8, 4) is 46.0 Å². The number of pyridine rings is 1. The van der Waals surface area contributed by atoms with Gasteiger partial charge in [-0.25, -0.2) is 0 Å². The third kappa shape index (κ3) is 7.29. The smallest absolute Gasteiger partial charge is 0.281 e. The lowest BCUT2D eigenvalue weighted by atomic mass is 10.1. The number of amides is 2. The van der Waals surface area contributed by atoms with Gasteiger partial charge >= 0.3 is 0 Å². The van der Waals surface area contributed by atoms with E-state index in [1.54, 1.807) is 72.8 Å². The number of rotatable bonds is 14. The topological polar surface area (TPSA) is 127 Å². The molecule has 2 amide bonds. The highest BCUT2D eigenvalue weighted by atomic mass is 16.5. The highest BCUT2D eigenvalue weighted by Gasteiger charge is 2.27. The zero-order valence-corrected chi connectivity index (χ0v) is 30.1. The van der Waals surface area contributed by atoms with E-state index in [2.05, 4.69) is 4.98 Å². The fourth-order valence-corrected chi connectivity index (χ4v) is 5.55. The van der Waals surface area contributed by atoms with Crippen LogP contribution in [0.25, 0.3) is 0 Å². The van der Waals surface area contributed by atoms with Crippen LogP contribution in [0.5, 0.6) is 46.0 Å². The van der Waals surface area contributed by atoms with Crippen molar-refractivity contribution >= 4 is 34.6 Å². The van der Waals surface area contributed by atoms with E-state index in [-0.39, 0.29) is 11.3 Å². The Bertz CT molecular complexity index is 1820. The first-order valence-corrected chi connectivity index (χ1v) is 15.8. The van der Waals surface area contributed by atoms with Crippen LogP contribution in [-0.4, -0.2) is 73.7 Å². The summed E-state index contributed by atoms with van der Waals surface area (Å²) in [5.41, 5.74) is 1.93. The Kier molecular flexibility index (Phi) is 11.5. The highest BCUT2D eigenvalue weighted by Crippen LogP contribution is 2.41. The Hall–Kier alpha value is -6.63. The van der Waals surface area contributed by atoms with Crippen LogP contribution in [0.15, 0.2) is 91.1 Å². The first-order chi connectivity index (χ1) is 25.2. The summed E-state index contributed by atoms with van der Waals surface area (Å²) in [7, 11) is 12.1. The van der Waals surface area contributed by atoms with Gasteiger partial charge in [-0.3, -0.25) is 24.4 Å². The summed E-state index contributed by atoms with van der Waals surface area (Å²) in [5, 5.41) is 0. The molecule has 5 rings (SSSR count). The second-order valence-corrected chi connectivity index (χ2v) is 10.9. The van der Waals surface area contributed by atoms with Gasteiger partial charge in [-0.05, 0) is 60.7 Å². The van der Waals surface area contributed by atoms with E-state index in [9.17, 15) is 9.59 Å². The van der Waals surface area contributed by atoms with Gasteiger partial charge in [-0.1, -0.05) is 0 Å². The summed E-state index contributed by atoms with van der Waals surface area (Å²) in [6.45, 7) is 0. The predicted molar refractivity (Wildman–Crippen MR) is 195 cm³/mol. The number of nitrogens with zero attached hydrogens (tertiary/aromatic N) is 3. The molecule has 1 heterocycles. The zero-order valence-electron chi connectivity index (χ0n) is 30.1. The van der Waals surface area contributed by atoms with Crippen LogP contribution >= 0.6 is 0 Å². The Morgan fingerprint density at radius 1 is 0.404 bits per heavy atom. The van der Waals surface area contributed by atoms with Crippen molar-refractivity contribution in [2.45, 2.75) is 0 Å². The number of methoxy groups -OCH3 is 8. The normalized spacial score (nSPS) is 10.5. The molecule has 0 aliphatic rings. The van der Waals surface area contributed by atoms with Crippen LogP contribution < -0.4 is 47.7 Å². The highest BCUT2D eigenvalue weighted by molar-refractivity contribution is 6.14. The van der Waals surface area contributed by atoms with E-state index < -0.39 is 11.8 Å². The van der Waals surface area contributed by atoms with Crippen LogP contribution in [0.4, 0.5) is 22.7 Å². The fraction of sp³-hybridized carbons (Fsp3) is 0.205. The number of benzene rings is 4. The van der Waals surface area contributed by atoms with Crippen LogP contribution in [-0.2, 0) is 0 Å². The SMILES string of the molecule is COc1ccc(N(C(=O)c2ccnc(C(=O)N(c3ccc(OC)c(OC)c3)c3ccc(OC)c(OC)c3)c2)c2ccc(OC)c(OC)c2)cc1OC. The summed E-state index contributed by atoms with van der Waals surface area (Å²) in [6.07, 6.45) is 1.41. The van der Waals surface area contributed by atoms with E-state index in [0.717, 1.165) is 0 Å². The third-order valence-corrected chi connectivity index (χ3v) is 8.13. The summed E-state index contributed by atoms with van der Waals surface area (Å²) in [5.74, 6) is 2.50. The third-order valence-electron chi connectivity index (χ3n) is 8.13. The number of hydrogen-bond donors (Lipinski definition) is 0. The molecule has 0 radical (unpaired) electrons. The molecule has 0 saturated carbocycles. The fourth-order valence-electron chi connectivity index (χ4n) is 5.55. The van der Waals surface area contributed by atoms with Crippen molar-refractivity contribution in [2.75, 3.05) is 66.7 Å². The molecule has 0 fully saturated rings. The van der Waals surface area contributed by atoms with Crippen molar-refractivity contribution in [2.24, 2.45) is 0 Å². The van der Waals surface area contributed by atoms with Crippen LogP contribution in [0.1, 0.15) is 20.8 Å². The largest absolute Gasteiger partial charge is 0.493 e. The lowest BCUT2D eigenvalue weighted by Crippen LogP contribution is -2.29. The molecule has 270 valence electrons. The molecule has 0 bridgehead atoms.